The molecule has 2 rings (SSSR count). The predicted octanol–water partition coefficient (Wildman–Crippen LogP) is 3.15. The quantitative estimate of drug-likeness (QED) is 0.928. The van der Waals surface area contributed by atoms with E-state index in [2.05, 4.69) is 45.0 Å². The number of aliphatic hydroxyl groups excluding tert-OH is 1. The highest BCUT2D eigenvalue weighted by Crippen LogP contribution is 2.23. The zero-order valence-corrected chi connectivity index (χ0v) is 14.1. The second kappa shape index (κ2) is 7.28. The average molecular weight is 303 g/mol. The lowest BCUT2D eigenvalue weighted by Gasteiger charge is -2.32. The minimum absolute atomic E-state index is 0.168. The molecular weight excluding hydrogens is 274 g/mol. The number of nitrogens with zero attached hydrogens (tertiary/aromatic N) is 1. The average Bonchev–Trinajstić information content (AvgIpc) is 2.52. The van der Waals surface area contributed by atoms with Crippen LogP contribution in [0.25, 0.3) is 0 Å². The first-order valence-electron chi connectivity index (χ1n) is 8.38. The van der Waals surface area contributed by atoms with Crippen molar-refractivity contribution in [1.29, 1.82) is 0 Å². The summed E-state index contributed by atoms with van der Waals surface area (Å²) in [7, 11) is 0. The maximum Gasteiger partial charge on any atom is 0.222 e. The minimum atomic E-state index is 0.168. The Bertz CT molecular complexity index is 487. The number of hydrogen-bond donors (Lipinski definition) is 1. The lowest BCUT2D eigenvalue weighted by molar-refractivity contribution is -0.133. The SMILES string of the molecule is CC(C)(C)c1ccc(CCC(=O)N2CCCC(CO)C2)cc1. The molecule has 1 fully saturated rings. The van der Waals surface area contributed by atoms with Crippen molar-refractivity contribution in [2.45, 2.75) is 51.9 Å². The van der Waals surface area contributed by atoms with E-state index in [9.17, 15) is 9.90 Å². The molecule has 1 N–H and O–H groups in total. The zero-order valence-electron chi connectivity index (χ0n) is 14.1. The molecule has 1 heterocycles. The Labute approximate surface area is 134 Å². The van der Waals surface area contributed by atoms with Gasteiger partial charge < -0.3 is 10.0 Å². The molecule has 0 aromatic heterocycles. The zero-order chi connectivity index (χ0) is 16.2. The van der Waals surface area contributed by atoms with Crippen LogP contribution in [-0.4, -0.2) is 35.6 Å². The Morgan fingerprint density at radius 2 is 1.95 bits per heavy atom. The van der Waals surface area contributed by atoms with Crippen LogP contribution in [0.1, 0.15) is 51.2 Å². The number of carbonyl (C=O) groups excluding carboxylic acids is 1. The first-order chi connectivity index (χ1) is 10.4. The van der Waals surface area contributed by atoms with Crippen molar-refractivity contribution in [2.75, 3.05) is 19.7 Å². The molecule has 1 aromatic carbocycles. The van der Waals surface area contributed by atoms with Gasteiger partial charge in [0.1, 0.15) is 0 Å². The summed E-state index contributed by atoms with van der Waals surface area (Å²) in [5.41, 5.74) is 2.71. The van der Waals surface area contributed by atoms with Gasteiger partial charge in [-0.1, -0.05) is 45.0 Å². The van der Waals surface area contributed by atoms with E-state index >= 15 is 0 Å². The molecule has 1 unspecified atom stereocenters. The monoisotopic (exact) mass is 303 g/mol. The molecule has 1 aromatic rings. The Balaban J connectivity index is 1.86. The van der Waals surface area contributed by atoms with Crippen molar-refractivity contribution in [1.82, 2.24) is 4.90 Å². The molecule has 1 atom stereocenters. The molecule has 122 valence electrons. The van der Waals surface area contributed by atoms with E-state index in [1.54, 1.807) is 0 Å². The molecular formula is C19H29NO2. The van der Waals surface area contributed by atoms with Crippen LogP contribution in [0.15, 0.2) is 24.3 Å². The standard InChI is InChI=1S/C19H29NO2/c1-19(2,3)17-9-6-15(7-10-17)8-11-18(22)20-12-4-5-16(13-20)14-21/h6-7,9-10,16,21H,4-5,8,11-14H2,1-3H3. The lowest BCUT2D eigenvalue weighted by atomic mass is 9.86. The van der Waals surface area contributed by atoms with Crippen molar-refractivity contribution in [3.63, 3.8) is 0 Å². The first kappa shape index (κ1) is 17.0. The highest BCUT2D eigenvalue weighted by Gasteiger charge is 2.22. The number of benzene rings is 1. The summed E-state index contributed by atoms with van der Waals surface area (Å²) in [4.78, 5) is 14.2. The summed E-state index contributed by atoms with van der Waals surface area (Å²) >= 11 is 0. The van der Waals surface area contributed by atoms with E-state index in [4.69, 9.17) is 0 Å². The molecule has 3 heteroatoms. The maximum atomic E-state index is 12.3. The van der Waals surface area contributed by atoms with Gasteiger partial charge >= 0.3 is 0 Å². The maximum absolute atomic E-state index is 12.3. The summed E-state index contributed by atoms with van der Waals surface area (Å²) < 4.78 is 0. The lowest BCUT2D eigenvalue weighted by Crippen LogP contribution is -2.41. The van der Waals surface area contributed by atoms with E-state index in [0.717, 1.165) is 32.4 Å². The van der Waals surface area contributed by atoms with Gasteiger partial charge in [0.25, 0.3) is 0 Å². The van der Waals surface area contributed by atoms with Crippen LogP contribution in [0.3, 0.4) is 0 Å². The van der Waals surface area contributed by atoms with Crippen molar-refractivity contribution in [3.05, 3.63) is 35.4 Å². The molecule has 1 aliphatic rings. The molecule has 0 spiro atoms. The Morgan fingerprint density at radius 3 is 2.55 bits per heavy atom. The van der Waals surface area contributed by atoms with Crippen LogP contribution in [-0.2, 0) is 16.6 Å². The van der Waals surface area contributed by atoms with Crippen LogP contribution >= 0.6 is 0 Å². The first-order valence-corrected chi connectivity index (χ1v) is 8.38. The number of rotatable bonds is 4. The van der Waals surface area contributed by atoms with Gasteiger partial charge in [0, 0.05) is 26.1 Å². The molecule has 3 nitrogen and oxygen atoms in total. The molecule has 1 amide bonds. The van der Waals surface area contributed by atoms with E-state index in [-0.39, 0.29) is 23.8 Å². The van der Waals surface area contributed by atoms with Gasteiger partial charge in [0.05, 0.1) is 0 Å². The number of aliphatic hydroxyl groups is 1. The topological polar surface area (TPSA) is 40.5 Å². The van der Waals surface area contributed by atoms with Crippen molar-refractivity contribution < 1.29 is 9.90 Å². The van der Waals surface area contributed by atoms with Crippen molar-refractivity contribution in [3.8, 4) is 0 Å². The van der Waals surface area contributed by atoms with Gasteiger partial charge in [-0.05, 0) is 41.7 Å². The molecule has 0 aliphatic carbocycles. The number of aryl methyl sites for hydroxylation is 1. The highest BCUT2D eigenvalue weighted by molar-refractivity contribution is 5.76. The fourth-order valence-corrected chi connectivity index (χ4v) is 3.02. The van der Waals surface area contributed by atoms with Crippen LogP contribution in [0.5, 0.6) is 0 Å². The van der Waals surface area contributed by atoms with Gasteiger partial charge in [0.2, 0.25) is 5.91 Å². The van der Waals surface area contributed by atoms with Gasteiger partial charge in [-0.2, -0.15) is 0 Å². The smallest absolute Gasteiger partial charge is 0.222 e. The van der Waals surface area contributed by atoms with Gasteiger partial charge in [-0.3, -0.25) is 4.79 Å². The second-order valence-electron chi connectivity index (χ2n) is 7.48. The Hall–Kier alpha value is -1.35. The molecule has 22 heavy (non-hydrogen) atoms. The second-order valence-corrected chi connectivity index (χ2v) is 7.48. The molecule has 0 saturated carbocycles. The number of piperidine rings is 1. The van der Waals surface area contributed by atoms with Gasteiger partial charge in [-0.25, -0.2) is 0 Å². The van der Waals surface area contributed by atoms with E-state index < -0.39 is 0 Å². The Morgan fingerprint density at radius 1 is 1.27 bits per heavy atom. The third-order valence-electron chi connectivity index (χ3n) is 4.58. The number of likely N-dealkylation sites (tertiary alicyclic amines) is 1. The summed E-state index contributed by atoms with van der Waals surface area (Å²) in [5.74, 6) is 0.488. The molecule has 1 saturated heterocycles. The molecule has 1 aliphatic heterocycles. The van der Waals surface area contributed by atoms with E-state index in [0.29, 0.717) is 6.42 Å². The van der Waals surface area contributed by atoms with Crippen LogP contribution < -0.4 is 0 Å². The van der Waals surface area contributed by atoms with Crippen LogP contribution in [0.4, 0.5) is 0 Å². The summed E-state index contributed by atoms with van der Waals surface area (Å²) in [5, 5.41) is 9.25. The van der Waals surface area contributed by atoms with E-state index in [1.165, 1.54) is 11.1 Å². The summed E-state index contributed by atoms with van der Waals surface area (Å²) in [6.07, 6.45) is 3.41. The van der Waals surface area contributed by atoms with Crippen molar-refractivity contribution in [2.24, 2.45) is 5.92 Å². The van der Waals surface area contributed by atoms with Crippen LogP contribution in [0, 0.1) is 5.92 Å². The predicted molar refractivity (Wildman–Crippen MR) is 89.9 cm³/mol. The van der Waals surface area contributed by atoms with E-state index in [1.807, 2.05) is 4.90 Å². The van der Waals surface area contributed by atoms with Crippen LogP contribution in [0.2, 0.25) is 0 Å². The minimum Gasteiger partial charge on any atom is -0.396 e. The fraction of sp³-hybridized carbons (Fsp3) is 0.632. The summed E-state index contributed by atoms with van der Waals surface area (Å²) in [6, 6.07) is 8.62. The highest BCUT2D eigenvalue weighted by atomic mass is 16.3. The fourth-order valence-electron chi connectivity index (χ4n) is 3.02. The normalized spacial score (nSPS) is 19.3. The number of amides is 1. The summed E-state index contributed by atoms with van der Waals surface area (Å²) in [6.45, 7) is 8.38. The van der Waals surface area contributed by atoms with Gasteiger partial charge in [-0.15, -0.1) is 0 Å². The molecule has 0 radical (unpaired) electrons. The Kier molecular flexibility index (Phi) is 5.63. The number of hydrogen-bond acceptors (Lipinski definition) is 2. The molecule has 0 bridgehead atoms. The largest absolute Gasteiger partial charge is 0.396 e. The number of carbonyl (C=O) groups is 1. The third kappa shape index (κ3) is 4.57. The third-order valence-corrected chi connectivity index (χ3v) is 4.58. The van der Waals surface area contributed by atoms with Crippen molar-refractivity contribution >= 4 is 5.91 Å². The van der Waals surface area contributed by atoms with Gasteiger partial charge in [0.15, 0.2) is 0 Å².